The third kappa shape index (κ3) is 4.34. The van der Waals surface area contributed by atoms with Crippen molar-refractivity contribution in [3.05, 3.63) is 46.6 Å². The number of hydrogen-bond donors (Lipinski definition) is 2. The molecule has 0 bridgehead atoms. The maximum absolute atomic E-state index is 12.6. The van der Waals surface area contributed by atoms with E-state index in [4.69, 9.17) is 9.47 Å². The molecular formula is C18H18N4O5S. The number of benzene rings is 1. The second kappa shape index (κ2) is 7.77. The van der Waals surface area contributed by atoms with E-state index in [1.807, 2.05) is 6.92 Å². The van der Waals surface area contributed by atoms with Crippen LogP contribution in [0.1, 0.15) is 36.1 Å². The summed E-state index contributed by atoms with van der Waals surface area (Å²) >= 11 is 1.29. The lowest BCUT2D eigenvalue weighted by Crippen LogP contribution is -2.42. The largest absolute Gasteiger partial charge is 0.419 e. The summed E-state index contributed by atoms with van der Waals surface area (Å²) in [6.07, 6.45) is 1.88. The summed E-state index contributed by atoms with van der Waals surface area (Å²) in [6.45, 7) is 4.87. The molecule has 0 atom stereocenters. The second-order valence-electron chi connectivity index (χ2n) is 6.24. The van der Waals surface area contributed by atoms with Gasteiger partial charge in [0.25, 0.3) is 11.7 Å². The van der Waals surface area contributed by atoms with Gasteiger partial charge in [-0.25, -0.2) is 9.59 Å². The van der Waals surface area contributed by atoms with Crippen molar-refractivity contribution in [3.63, 3.8) is 0 Å². The Kier molecular flexibility index (Phi) is 5.41. The maximum atomic E-state index is 12.6. The number of rotatable bonds is 5. The zero-order valence-electron chi connectivity index (χ0n) is 15.4. The Morgan fingerprint density at radius 3 is 2.50 bits per heavy atom. The fourth-order valence-corrected chi connectivity index (χ4v) is 3.02. The van der Waals surface area contributed by atoms with Crippen molar-refractivity contribution in [2.24, 2.45) is 0 Å². The van der Waals surface area contributed by atoms with Gasteiger partial charge in [0.15, 0.2) is 5.57 Å². The summed E-state index contributed by atoms with van der Waals surface area (Å²) in [7, 11) is 0. The van der Waals surface area contributed by atoms with Crippen LogP contribution in [0.3, 0.4) is 0 Å². The Labute approximate surface area is 164 Å². The van der Waals surface area contributed by atoms with Crippen LogP contribution < -0.4 is 10.6 Å². The van der Waals surface area contributed by atoms with Crippen LogP contribution in [0, 0.1) is 0 Å². The second-order valence-corrected chi connectivity index (χ2v) is 7.30. The van der Waals surface area contributed by atoms with Gasteiger partial charge in [-0.3, -0.25) is 10.1 Å². The van der Waals surface area contributed by atoms with Gasteiger partial charge in [-0.05, 0) is 18.6 Å². The Bertz CT molecular complexity index is 944. The summed E-state index contributed by atoms with van der Waals surface area (Å²) in [5.41, 5.74) is 0.384. The standard InChI is InChI=1S/C18H18N4O5S/c1-4-13-21-22-17(28-13)20-14(23)10-7-5-6-8-12(10)19-9-11-15(24)26-18(2,3)27-16(11)25/h5-9,19H,4H2,1-3H3,(H,20,22,23). The highest BCUT2D eigenvalue weighted by atomic mass is 32.1. The van der Waals surface area contributed by atoms with Crippen molar-refractivity contribution in [2.75, 3.05) is 10.6 Å². The number of esters is 2. The van der Waals surface area contributed by atoms with Gasteiger partial charge in [0.05, 0.1) is 11.3 Å². The minimum atomic E-state index is -1.32. The van der Waals surface area contributed by atoms with Crippen molar-refractivity contribution >= 4 is 40.0 Å². The minimum absolute atomic E-state index is 0.297. The summed E-state index contributed by atoms with van der Waals surface area (Å²) in [5.74, 6) is -3.34. The SMILES string of the molecule is CCc1nnc(NC(=O)c2ccccc2NC=C2C(=O)OC(C)(C)OC2=O)s1. The number of aryl methyl sites for hydroxylation is 1. The van der Waals surface area contributed by atoms with Crippen molar-refractivity contribution in [1.82, 2.24) is 10.2 Å². The lowest BCUT2D eigenvalue weighted by atomic mass is 10.1. The number of nitrogens with zero attached hydrogens (tertiary/aromatic N) is 2. The van der Waals surface area contributed by atoms with E-state index in [1.54, 1.807) is 24.3 Å². The molecule has 3 rings (SSSR count). The van der Waals surface area contributed by atoms with Gasteiger partial charge < -0.3 is 14.8 Å². The summed E-state index contributed by atoms with van der Waals surface area (Å²) in [5, 5.41) is 14.5. The smallest absolute Gasteiger partial charge is 0.350 e. The van der Waals surface area contributed by atoms with Crippen LogP contribution in [0.2, 0.25) is 0 Å². The van der Waals surface area contributed by atoms with E-state index in [0.717, 1.165) is 17.6 Å². The molecule has 10 heteroatoms. The zero-order chi connectivity index (χ0) is 20.3. The quantitative estimate of drug-likeness (QED) is 0.445. The molecule has 9 nitrogen and oxygen atoms in total. The number of para-hydroxylation sites is 1. The molecule has 28 heavy (non-hydrogen) atoms. The molecule has 1 amide bonds. The number of carbonyl (C=O) groups is 3. The number of nitrogens with one attached hydrogen (secondary N) is 2. The van der Waals surface area contributed by atoms with E-state index in [-0.39, 0.29) is 5.57 Å². The minimum Gasteiger partial charge on any atom is -0.419 e. The van der Waals surface area contributed by atoms with E-state index in [0.29, 0.717) is 16.4 Å². The molecule has 1 aromatic heterocycles. The molecule has 1 aliphatic rings. The first-order valence-electron chi connectivity index (χ1n) is 8.45. The lowest BCUT2D eigenvalue weighted by molar-refractivity contribution is -0.222. The highest BCUT2D eigenvalue weighted by Gasteiger charge is 2.39. The number of hydrogen-bond acceptors (Lipinski definition) is 9. The van der Waals surface area contributed by atoms with Crippen molar-refractivity contribution in [3.8, 4) is 0 Å². The van der Waals surface area contributed by atoms with Gasteiger partial charge in [-0.15, -0.1) is 10.2 Å². The topological polar surface area (TPSA) is 120 Å². The van der Waals surface area contributed by atoms with E-state index in [2.05, 4.69) is 20.8 Å². The fraction of sp³-hybridized carbons (Fsp3) is 0.278. The molecule has 0 unspecified atom stereocenters. The monoisotopic (exact) mass is 402 g/mol. The summed E-state index contributed by atoms with van der Waals surface area (Å²) in [4.78, 5) is 36.6. The third-order valence-corrected chi connectivity index (χ3v) is 4.63. The first-order valence-corrected chi connectivity index (χ1v) is 9.27. The van der Waals surface area contributed by atoms with Gasteiger partial charge in [-0.2, -0.15) is 0 Å². The fourth-order valence-electron chi connectivity index (χ4n) is 2.35. The van der Waals surface area contributed by atoms with Crippen LogP contribution in [0.25, 0.3) is 0 Å². The molecule has 2 heterocycles. The maximum Gasteiger partial charge on any atom is 0.350 e. The van der Waals surface area contributed by atoms with Crippen LogP contribution in [0.4, 0.5) is 10.8 Å². The van der Waals surface area contributed by atoms with E-state index in [1.165, 1.54) is 25.2 Å². The van der Waals surface area contributed by atoms with Gasteiger partial charge in [0.1, 0.15) is 5.01 Å². The van der Waals surface area contributed by atoms with Crippen LogP contribution in [-0.2, 0) is 25.5 Å². The Hall–Kier alpha value is -3.27. The number of aromatic nitrogens is 2. The Morgan fingerprint density at radius 1 is 1.18 bits per heavy atom. The molecular weight excluding hydrogens is 384 g/mol. The van der Waals surface area contributed by atoms with Crippen LogP contribution >= 0.6 is 11.3 Å². The first-order chi connectivity index (χ1) is 13.3. The highest BCUT2D eigenvalue weighted by molar-refractivity contribution is 7.15. The van der Waals surface area contributed by atoms with Gasteiger partial charge >= 0.3 is 11.9 Å². The van der Waals surface area contributed by atoms with Crippen molar-refractivity contribution in [2.45, 2.75) is 33.0 Å². The normalized spacial score (nSPS) is 15.5. The predicted molar refractivity (Wildman–Crippen MR) is 102 cm³/mol. The molecule has 1 fully saturated rings. The van der Waals surface area contributed by atoms with E-state index >= 15 is 0 Å². The third-order valence-electron chi connectivity index (χ3n) is 3.65. The molecule has 0 spiro atoms. The lowest BCUT2D eigenvalue weighted by Gasteiger charge is -2.29. The number of cyclic esters (lactones) is 2. The number of carbonyl (C=O) groups excluding carboxylic acids is 3. The molecule has 0 aliphatic carbocycles. The average molecular weight is 402 g/mol. The molecule has 0 radical (unpaired) electrons. The van der Waals surface area contributed by atoms with E-state index < -0.39 is 23.6 Å². The molecule has 1 aromatic carbocycles. The van der Waals surface area contributed by atoms with Crippen LogP contribution in [0.15, 0.2) is 36.0 Å². The molecule has 2 N–H and O–H groups in total. The molecule has 1 aliphatic heterocycles. The van der Waals surface area contributed by atoms with Gasteiger partial charge in [-0.1, -0.05) is 30.4 Å². The number of anilines is 2. The summed E-state index contributed by atoms with van der Waals surface area (Å²) < 4.78 is 10.1. The summed E-state index contributed by atoms with van der Waals surface area (Å²) in [6, 6.07) is 6.63. The average Bonchev–Trinajstić information content (AvgIpc) is 3.08. The highest BCUT2D eigenvalue weighted by Crippen LogP contribution is 2.24. The molecule has 0 saturated carbocycles. The van der Waals surface area contributed by atoms with E-state index in [9.17, 15) is 14.4 Å². The molecule has 2 aromatic rings. The number of amides is 1. The van der Waals surface area contributed by atoms with Crippen molar-refractivity contribution in [1.29, 1.82) is 0 Å². The Morgan fingerprint density at radius 2 is 1.86 bits per heavy atom. The van der Waals surface area contributed by atoms with Crippen LogP contribution in [0.5, 0.6) is 0 Å². The van der Waals surface area contributed by atoms with Crippen molar-refractivity contribution < 1.29 is 23.9 Å². The molecule has 1 saturated heterocycles. The van der Waals surface area contributed by atoms with Gasteiger partial charge in [0.2, 0.25) is 5.13 Å². The molecule has 146 valence electrons. The van der Waals surface area contributed by atoms with Crippen LogP contribution in [-0.4, -0.2) is 33.8 Å². The zero-order valence-corrected chi connectivity index (χ0v) is 16.3. The predicted octanol–water partition coefficient (Wildman–Crippen LogP) is 2.48. The number of ether oxygens (including phenoxy) is 2. The first kappa shape index (κ1) is 19.5. The van der Waals surface area contributed by atoms with Gasteiger partial charge in [0, 0.05) is 20.0 Å². The Balaban J connectivity index is 1.78.